The second-order valence-corrected chi connectivity index (χ2v) is 5.31. The van der Waals surface area contributed by atoms with Crippen LogP contribution in [-0.2, 0) is 16.0 Å². The van der Waals surface area contributed by atoms with Crippen molar-refractivity contribution in [1.82, 2.24) is 10.6 Å². The van der Waals surface area contributed by atoms with Crippen molar-refractivity contribution in [1.29, 1.82) is 0 Å². The third-order valence-electron chi connectivity index (χ3n) is 3.57. The first kappa shape index (κ1) is 15.4. The number of benzene rings is 1. The van der Waals surface area contributed by atoms with Crippen molar-refractivity contribution in [2.75, 3.05) is 18.4 Å². The molecule has 5 nitrogen and oxygen atoms in total. The average Bonchev–Trinajstić information content (AvgIpc) is 2.66. The lowest BCUT2D eigenvalue weighted by molar-refractivity contribution is -0.121. The van der Waals surface area contributed by atoms with Gasteiger partial charge in [0.25, 0.3) is 0 Å². The molecule has 21 heavy (non-hydrogen) atoms. The summed E-state index contributed by atoms with van der Waals surface area (Å²) in [6, 6.07) is 7.53. The highest BCUT2D eigenvalue weighted by Gasteiger charge is 2.19. The molecule has 0 radical (unpaired) electrons. The van der Waals surface area contributed by atoms with Gasteiger partial charge in [-0.2, -0.15) is 0 Å². The van der Waals surface area contributed by atoms with Gasteiger partial charge in [-0.1, -0.05) is 12.1 Å². The minimum absolute atomic E-state index is 0.0290. The van der Waals surface area contributed by atoms with Gasteiger partial charge < -0.3 is 16.0 Å². The fourth-order valence-corrected chi connectivity index (χ4v) is 2.44. The number of carbonyl (C=O) groups is 2. The van der Waals surface area contributed by atoms with E-state index in [-0.39, 0.29) is 17.9 Å². The molecule has 1 saturated heterocycles. The van der Waals surface area contributed by atoms with Gasteiger partial charge in [0.2, 0.25) is 11.8 Å². The maximum absolute atomic E-state index is 11.9. The van der Waals surface area contributed by atoms with Gasteiger partial charge in [0.1, 0.15) is 6.04 Å². The van der Waals surface area contributed by atoms with Gasteiger partial charge in [-0.15, -0.1) is 0 Å². The lowest BCUT2D eigenvalue weighted by Crippen LogP contribution is -2.37. The molecular weight excluding hydrogens is 266 g/mol. The van der Waals surface area contributed by atoms with Crippen LogP contribution in [0.3, 0.4) is 0 Å². The van der Waals surface area contributed by atoms with Crippen LogP contribution in [0.1, 0.15) is 31.7 Å². The third kappa shape index (κ3) is 4.77. The molecule has 1 atom stereocenters. The van der Waals surface area contributed by atoms with E-state index in [1.807, 2.05) is 31.2 Å². The fourth-order valence-electron chi connectivity index (χ4n) is 2.44. The molecule has 1 aliphatic rings. The molecule has 3 N–H and O–H groups in total. The van der Waals surface area contributed by atoms with E-state index in [1.54, 1.807) is 0 Å². The molecular formula is C16H23N3O2. The van der Waals surface area contributed by atoms with Crippen LogP contribution in [0.15, 0.2) is 24.3 Å². The maximum Gasteiger partial charge on any atom is 0.242 e. The van der Waals surface area contributed by atoms with Gasteiger partial charge in [0.05, 0.1) is 6.42 Å². The van der Waals surface area contributed by atoms with E-state index < -0.39 is 0 Å². The van der Waals surface area contributed by atoms with Crippen LogP contribution in [0, 0.1) is 0 Å². The average molecular weight is 289 g/mol. The summed E-state index contributed by atoms with van der Waals surface area (Å²) >= 11 is 0. The minimum atomic E-state index is -0.165. The molecule has 1 aromatic carbocycles. The van der Waals surface area contributed by atoms with Gasteiger partial charge in [0.15, 0.2) is 0 Å². The number of amides is 2. The summed E-state index contributed by atoms with van der Waals surface area (Å²) in [5, 5.41) is 8.96. The zero-order valence-corrected chi connectivity index (χ0v) is 12.4. The van der Waals surface area contributed by atoms with Crippen molar-refractivity contribution in [3.8, 4) is 0 Å². The number of likely N-dealkylation sites (N-methyl/N-ethyl adjacent to an activating group) is 1. The van der Waals surface area contributed by atoms with Crippen molar-refractivity contribution < 1.29 is 9.59 Å². The molecule has 2 rings (SSSR count). The number of rotatable bonds is 5. The lowest BCUT2D eigenvalue weighted by Gasteiger charge is -2.16. The Labute approximate surface area is 125 Å². The molecule has 0 spiro atoms. The quantitative estimate of drug-likeness (QED) is 0.768. The predicted octanol–water partition coefficient (Wildman–Crippen LogP) is 1.45. The number of carbonyl (C=O) groups excluding carboxylic acids is 2. The summed E-state index contributed by atoms with van der Waals surface area (Å²) in [7, 11) is 0. The van der Waals surface area contributed by atoms with Gasteiger partial charge >= 0.3 is 0 Å². The van der Waals surface area contributed by atoms with Crippen LogP contribution in [-0.4, -0.2) is 30.9 Å². The standard InChI is InChI=1S/C16H23N3O2/c1-2-17-15(20)11-12-6-8-13(9-7-12)19-14-5-3-4-10-18-16(14)21/h6-9,14,19H,2-5,10-11H2,1H3,(H,17,20)(H,18,21)/t14-/m0/s1. The van der Waals surface area contributed by atoms with E-state index in [0.717, 1.165) is 37.1 Å². The van der Waals surface area contributed by atoms with E-state index in [2.05, 4.69) is 16.0 Å². The Kier molecular flexibility index (Phi) is 5.60. The van der Waals surface area contributed by atoms with Crippen molar-refractivity contribution in [3.05, 3.63) is 29.8 Å². The molecule has 1 fully saturated rings. The zero-order valence-electron chi connectivity index (χ0n) is 12.4. The molecule has 0 bridgehead atoms. The predicted molar refractivity (Wildman–Crippen MR) is 83.1 cm³/mol. The Balaban J connectivity index is 1.92. The van der Waals surface area contributed by atoms with Crippen LogP contribution in [0.2, 0.25) is 0 Å². The topological polar surface area (TPSA) is 70.2 Å². The van der Waals surface area contributed by atoms with Gasteiger partial charge in [-0.3, -0.25) is 9.59 Å². The Morgan fingerprint density at radius 3 is 2.76 bits per heavy atom. The molecule has 114 valence electrons. The lowest BCUT2D eigenvalue weighted by atomic mass is 10.1. The van der Waals surface area contributed by atoms with E-state index >= 15 is 0 Å². The van der Waals surface area contributed by atoms with Crippen LogP contribution in [0.4, 0.5) is 5.69 Å². The Morgan fingerprint density at radius 2 is 2.05 bits per heavy atom. The third-order valence-corrected chi connectivity index (χ3v) is 3.57. The maximum atomic E-state index is 11.9. The Hall–Kier alpha value is -2.04. The number of anilines is 1. The highest BCUT2D eigenvalue weighted by molar-refractivity contribution is 5.84. The number of hydrogen-bond acceptors (Lipinski definition) is 3. The minimum Gasteiger partial charge on any atom is -0.374 e. The summed E-state index contributed by atoms with van der Waals surface area (Å²) < 4.78 is 0. The number of nitrogens with one attached hydrogen (secondary N) is 3. The van der Waals surface area contributed by atoms with Crippen LogP contribution in [0.25, 0.3) is 0 Å². The van der Waals surface area contributed by atoms with Crippen molar-refractivity contribution >= 4 is 17.5 Å². The summed E-state index contributed by atoms with van der Waals surface area (Å²) in [4.78, 5) is 23.4. The summed E-state index contributed by atoms with van der Waals surface area (Å²) in [6.07, 6.45) is 3.33. The van der Waals surface area contributed by atoms with E-state index in [0.29, 0.717) is 13.0 Å². The fraction of sp³-hybridized carbons (Fsp3) is 0.500. The summed E-state index contributed by atoms with van der Waals surface area (Å²) in [5.41, 5.74) is 1.88. The molecule has 1 aromatic rings. The highest BCUT2D eigenvalue weighted by atomic mass is 16.2. The van der Waals surface area contributed by atoms with Crippen LogP contribution < -0.4 is 16.0 Å². The molecule has 2 amide bonds. The van der Waals surface area contributed by atoms with E-state index in [1.165, 1.54) is 0 Å². The van der Waals surface area contributed by atoms with Gasteiger partial charge in [0, 0.05) is 18.8 Å². The van der Waals surface area contributed by atoms with E-state index in [4.69, 9.17) is 0 Å². The molecule has 0 unspecified atom stereocenters. The zero-order chi connectivity index (χ0) is 15.1. The Morgan fingerprint density at radius 1 is 1.29 bits per heavy atom. The largest absolute Gasteiger partial charge is 0.374 e. The van der Waals surface area contributed by atoms with Crippen LogP contribution >= 0.6 is 0 Å². The van der Waals surface area contributed by atoms with E-state index in [9.17, 15) is 9.59 Å². The second kappa shape index (κ2) is 7.67. The molecule has 0 saturated carbocycles. The molecule has 1 aliphatic heterocycles. The SMILES string of the molecule is CCNC(=O)Cc1ccc(N[C@H]2CCCCNC2=O)cc1. The van der Waals surface area contributed by atoms with Crippen molar-refractivity contribution in [2.24, 2.45) is 0 Å². The normalized spacial score (nSPS) is 18.5. The van der Waals surface area contributed by atoms with Crippen LogP contribution in [0.5, 0.6) is 0 Å². The molecule has 0 aliphatic carbocycles. The number of hydrogen-bond donors (Lipinski definition) is 3. The summed E-state index contributed by atoms with van der Waals surface area (Å²) in [5.74, 6) is 0.0975. The summed E-state index contributed by atoms with van der Waals surface area (Å²) in [6.45, 7) is 3.32. The van der Waals surface area contributed by atoms with Crippen molar-refractivity contribution in [2.45, 2.75) is 38.6 Å². The monoisotopic (exact) mass is 289 g/mol. The molecule has 0 aromatic heterocycles. The van der Waals surface area contributed by atoms with Gasteiger partial charge in [-0.05, 0) is 43.9 Å². The molecule has 5 heteroatoms. The first-order chi connectivity index (χ1) is 10.2. The molecule has 1 heterocycles. The highest BCUT2D eigenvalue weighted by Crippen LogP contribution is 2.15. The van der Waals surface area contributed by atoms with Crippen molar-refractivity contribution in [3.63, 3.8) is 0 Å². The first-order valence-electron chi connectivity index (χ1n) is 7.59. The second-order valence-electron chi connectivity index (χ2n) is 5.31. The Bertz CT molecular complexity index is 485. The first-order valence-corrected chi connectivity index (χ1v) is 7.59. The van der Waals surface area contributed by atoms with Gasteiger partial charge in [-0.25, -0.2) is 0 Å². The smallest absolute Gasteiger partial charge is 0.242 e.